The van der Waals surface area contributed by atoms with Crippen molar-refractivity contribution in [1.29, 1.82) is 0 Å². The number of hydrogen-bond donors (Lipinski definition) is 1. The van der Waals surface area contributed by atoms with E-state index >= 15 is 0 Å². The summed E-state index contributed by atoms with van der Waals surface area (Å²) in [4.78, 5) is 11.1. The second-order valence-electron chi connectivity index (χ2n) is 3.50. The maximum Gasteiger partial charge on any atom is 0.319 e. The first-order valence-corrected chi connectivity index (χ1v) is 5.19. The largest absolute Gasteiger partial charge is 0.465 e. The third kappa shape index (κ3) is 3.27. The normalized spacial score (nSPS) is 26.4. The minimum absolute atomic E-state index is 0.186. The predicted molar refractivity (Wildman–Crippen MR) is 53.1 cm³/mol. The van der Waals surface area contributed by atoms with Crippen LogP contribution in [0.25, 0.3) is 0 Å². The van der Waals surface area contributed by atoms with E-state index in [1.54, 1.807) is 7.11 Å². The number of nitrogens with one attached hydrogen (secondary N) is 1. The molecule has 0 radical (unpaired) electrons. The Hall–Kier alpha value is -0.610. The molecule has 1 saturated carbocycles. The van der Waals surface area contributed by atoms with Crippen LogP contribution in [0.15, 0.2) is 0 Å². The Balaban J connectivity index is 2.20. The Bertz CT molecular complexity index is 184. The molecule has 1 rings (SSSR count). The van der Waals surface area contributed by atoms with E-state index in [0.29, 0.717) is 19.2 Å². The van der Waals surface area contributed by atoms with E-state index in [4.69, 9.17) is 9.47 Å². The lowest BCUT2D eigenvalue weighted by Crippen LogP contribution is -2.40. The van der Waals surface area contributed by atoms with Crippen LogP contribution in [-0.2, 0) is 14.3 Å². The Morgan fingerprint density at radius 2 is 2.29 bits per heavy atom. The van der Waals surface area contributed by atoms with Gasteiger partial charge in [-0.3, -0.25) is 4.79 Å². The lowest BCUT2D eigenvalue weighted by atomic mass is 10.2. The fourth-order valence-corrected chi connectivity index (χ4v) is 1.87. The van der Waals surface area contributed by atoms with Crippen LogP contribution in [0.1, 0.15) is 26.2 Å². The molecule has 1 aliphatic rings. The molecule has 1 fully saturated rings. The summed E-state index contributed by atoms with van der Waals surface area (Å²) in [6.07, 6.45) is 3.58. The van der Waals surface area contributed by atoms with Crippen molar-refractivity contribution in [1.82, 2.24) is 5.32 Å². The van der Waals surface area contributed by atoms with E-state index < -0.39 is 0 Å². The van der Waals surface area contributed by atoms with E-state index in [1.807, 2.05) is 6.92 Å². The first-order chi connectivity index (χ1) is 6.77. The van der Waals surface area contributed by atoms with Gasteiger partial charge in [0.15, 0.2) is 0 Å². The Morgan fingerprint density at radius 1 is 1.50 bits per heavy atom. The molecule has 4 nitrogen and oxygen atoms in total. The van der Waals surface area contributed by atoms with Crippen LogP contribution in [0.5, 0.6) is 0 Å². The van der Waals surface area contributed by atoms with Crippen molar-refractivity contribution >= 4 is 5.97 Å². The SMILES string of the molecule is CCOC(=O)CNC1CCCC1OC. The number of carbonyl (C=O) groups excluding carboxylic acids is 1. The molecule has 0 bridgehead atoms. The van der Waals surface area contributed by atoms with Crippen molar-refractivity contribution in [3.05, 3.63) is 0 Å². The maximum absolute atomic E-state index is 11.1. The van der Waals surface area contributed by atoms with Gasteiger partial charge in [0.1, 0.15) is 0 Å². The highest BCUT2D eigenvalue weighted by molar-refractivity contribution is 5.71. The van der Waals surface area contributed by atoms with E-state index in [1.165, 1.54) is 6.42 Å². The standard InChI is InChI=1S/C10H19NO3/c1-3-14-10(12)7-11-8-5-4-6-9(8)13-2/h8-9,11H,3-7H2,1-2H3. The molecule has 0 spiro atoms. The monoisotopic (exact) mass is 201 g/mol. The van der Waals surface area contributed by atoms with Crippen LogP contribution in [0.4, 0.5) is 0 Å². The van der Waals surface area contributed by atoms with Gasteiger partial charge in [0, 0.05) is 13.2 Å². The molecule has 0 aromatic carbocycles. The fourth-order valence-electron chi connectivity index (χ4n) is 1.87. The van der Waals surface area contributed by atoms with Gasteiger partial charge in [-0.05, 0) is 26.2 Å². The van der Waals surface area contributed by atoms with Gasteiger partial charge < -0.3 is 14.8 Å². The Morgan fingerprint density at radius 3 is 2.93 bits per heavy atom. The summed E-state index contributed by atoms with van der Waals surface area (Å²) in [5.74, 6) is -0.186. The number of methoxy groups -OCH3 is 1. The lowest BCUT2D eigenvalue weighted by Gasteiger charge is -2.18. The van der Waals surface area contributed by atoms with Gasteiger partial charge in [-0.25, -0.2) is 0 Å². The van der Waals surface area contributed by atoms with Gasteiger partial charge in [0.05, 0.1) is 19.3 Å². The molecule has 14 heavy (non-hydrogen) atoms. The zero-order chi connectivity index (χ0) is 10.4. The van der Waals surface area contributed by atoms with Crippen LogP contribution in [0.3, 0.4) is 0 Å². The molecule has 0 saturated heterocycles. The summed E-state index contributed by atoms with van der Waals surface area (Å²) in [5.41, 5.74) is 0. The maximum atomic E-state index is 11.1. The van der Waals surface area contributed by atoms with Gasteiger partial charge in [-0.2, -0.15) is 0 Å². The molecule has 0 aromatic rings. The number of hydrogen-bond acceptors (Lipinski definition) is 4. The first-order valence-electron chi connectivity index (χ1n) is 5.19. The van der Waals surface area contributed by atoms with Crippen molar-refractivity contribution in [3.8, 4) is 0 Å². The highest BCUT2D eigenvalue weighted by Gasteiger charge is 2.26. The number of ether oxygens (including phenoxy) is 2. The van der Waals surface area contributed by atoms with Gasteiger partial charge in [-0.15, -0.1) is 0 Å². The smallest absolute Gasteiger partial charge is 0.319 e. The second-order valence-corrected chi connectivity index (χ2v) is 3.50. The van der Waals surface area contributed by atoms with E-state index in [2.05, 4.69) is 5.32 Å². The molecule has 0 aromatic heterocycles. The molecule has 0 amide bonds. The van der Waals surface area contributed by atoms with Gasteiger partial charge in [0.2, 0.25) is 0 Å². The summed E-state index contributed by atoms with van der Waals surface area (Å²) < 4.78 is 10.1. The topological polar surface area (TPSA) is 47.6 Å². The molecule has 82 valence electrons. The molecule has 0 heterocycles. The average molecular weight is 201 g/mol. The zero-order valence-electron chi connectivity index (χ0n) is 8.91. The first kappa shape index (κ1) is 11.5. The van der Waals surface area contributed by atoms with Crippen LogP contribution in [-0.4, -0.2) is 38.4 Å². The van der Waals surface area contributed by atoms with E-state index in [9.17, 15) is 4.79 Å². The highest BCUT2D eigenvalue weighted by Crippen LogP contribution is 2.21. The molecule has 0 aliphatic heterocycles. The van der Waals surface area contributed by atoms with Crippen molar-refractivity contribution in [2.75, 3.05) is 20.3 Å². The zero-order valence-corrected chi connectivity index (χ0v) is 8.91. The van der Waals surface area contributed by atoms with Crippen LogP contribution < -0.4 is 5.32 Å². The van der Waals surface area contributed by atoms with Crippen LogP contribution >= 0.6 is 0 Å². The second kappa shape index (κ2) is 5.98. The van der Waals surface area contributed by atoms with Crippen molar-refractivity contribution in [3.63, 3.8) is 0 Å². The van der Waals surface area contributed by atoms with E-state index in [0.717, 1.165) is 12.8 Å². The van der Waals surface area contributed by atoms with Crippen LogP contribution in [0.2, 0.25) is 0 Å². The van der Waals surface area contributed by atoms with E-state index in [-0.39, 0.29) is 12.1 Å². The molecule has 1 N–H and O–H groups in total. The third-order valence-electron chi connectivity index (χ3n) is 2.57. The lowest BCUT2D eigenvalue weighted by molar-refractivity contribution is -0.142. The minimum atomic E-state index is -0.186. The highest BCUT2D eigenvalue weighted by atomic mass is 16.5. The summed E-state index contributed by atoms with van der Waals surface area (Å²) >= 11 is 0. The minimum Gasteiger partial charge on any atom is -0.465 e. The van der Waals surface area contributed by atoms with Crippen molar-refractivity contribution < 1.29 is 14.3 Å². The van der Waals surface area contributed by atoms with Gasteiger partial charge >= 0.3 is 5.97 Å². The quantitative estimate of drug-likeness (QED) is 0.665. The summed E-state index contributed by atoms with van der Waals surface area (Å²) in [7, 11) is 1.72. The number of rotatable bonds is 5. The van der Waals surface area contributed by atoms with Crippen molar-refractivity contribution in [2.45, 2.75) is 38.3 Å². The molecular formula is C10H19NO3. The van der Waals surface area contributed by atoms with Crippen molar-refractivity contribution in [2.24, 2.45) is 0 Å². The third-order valence-corrected chi connectivity index (χ3v) is 2.57. The number of esters is 1. The summed E-state index contributed by atoms with van der Waals surface area (Å²) in [6.45, 7) is 2.54. The molecule has 1 aliphatic carbocycles. The summed E-state index contributed by atoms with van der Waals surface area (Å²) in [6, 6.07) is 0.310. The van der Waals surface area contributed by atoms with Crippen LogP contribution in [0, 0.1) is 0 Å². The molecular weight excluding hydrogens is 182 g/mol. The summed E-state index contributed by atoms with van der Waals surface area (Å²) in [5, 5.41) is 3.17. The molecule has 2 unspecified atom stereocenters. The number of carbonyl (C=O) groups is 1. The van der Waals surface area contributed by atoms with Gasteiger partial charge in [-0.1, -0.05) is 0 Å². The fraction of sp³-hybridized carbons (Fsp3) is 0.900. The Labute approximate surface area is 85.0 Å². The molecule has 2 atom stereocenters. The molecule has 4 heteroatoms. The average Bonchev–Trinajstić information content (AvgIpc) is 2.62. The Kier molecular flexibility index (Phi) is 4.90. The predicted octanol–water partition coefficient (Wildman–Crippen LogP) is 0.707. The van der Waals surface area contributed by atoms with Gasteiger partial charge in [0.25, 0.3) is 0 Å².